The predicted octanol–water partition coefficient (Wildman–Crippen LogP) is 7.01. The molecule has 4 aliphatic rings. The molecule has 0 aromatic heterocycles. The third-order valence-electron chi connectivity index (χ3n) is 11.0. The maximum Gasteiger partial charge on any atom is 0.302 e. The smallest absolute Gasteiger partial charge is 0.302 e. The SMILES string of the molecule is CC(=O)OC[C@]12C[C@H](O)CC[C@@H]1CC[C@H]1[C@@H]3CC[C@H]([C@H](C)CCCC(C)C)[C@@]3(C)CC[C@@H]12. The maximum absolute atomic E-state index is 11.8. The van der Waals surface area contributed by atoms with Gasteiger partial charge in [0.05, 0.1) is 12.7 Å². The molecule has 0 amide bonds. The molecule has 9 atom stereocenters. The first kappa shape index (κ1) is 24.6. The van der Waals surface area contributed by atoms with Crippen molar-refractivity contribution in [3.05, 3.63) is 0 Å². The van der Waals surface area contributed by atoms with Crippen molar-refractivity contribution in [2.45, 2.75) is 118 Å². The number of hydrogen-bond acceptors (Lipinski definition) is 3. The number of esters is 1. The number of aliphatic hydroxyl groups is 1. The van der Waals surface area contributed by atoms with Gasteiger partial charge in [-0.3, -0.25) is 4.79 Å². The first-order valence-electron chi connectivity index (χ1n) is 14.0. The summed E-state index contributed by atoms with van der Waals surface area (Å²) in [6.07, 6.45) is 14.9. The average molecular weight is 447 g/mol. The molecule has 0 saturated heterocycles. The second-order valence-electron chi connectivity index (χ2n) is 13.1. The zero-order valence-corrected chi connectivity index (χ0v) is 21.6. The Labute approximate surface area is 197 Å². The molecule has 0 aromatic rings. The van der Waals surface area contributed by atoms with Crippen molar-refractivity contribution in [2.24, 2.45) is 52.3 Å². The van der Waals surface area contributed by atoms with Crippen LogP contribution in [0.25, 0.3) is 0 Å². The average Bonchev–Trinajstić information content (AvgIpc) is 3.09. The Kier molecular flexibility index (Phi) is 7.36. The van der Waals surface area contributed by atoms with Crippen LogP contribution in [0.15, 0.2) is 0 Å². The third kappa shape index (κ3) is 4.41. The molecule has 0 bridgehead atoms. The normalized spacial score (nSPS) is 44.5. The van der Waals surface area contributed by atoms with Crippen LogP contribution in [-0.4, -0.2) is 23.8 Å². The van der Waals surface area contributed by atoms with Crippen LogP contribution in [0, 0.1) is 52.3 Å². The summed E-state index contributed by atoms with van der Waals surface area (Å²) in [6.45, 7) is 12.0. The van der Waals surface area contributed by atoms with E-state index in [0.717, 1.165) is 48.9 Å². The van der Waals surface area contributed by atoms with E-state index in [2.05, 4.69) is 27.7 Å². The van der Waals surface area contributed by atoms with Crippen LogP contribution >= 0.6 is 0 Å². The van der Waals surface area contributed by atoms with Gasteiger partial charge in [0, 0.05) is 12.3 Å². The molecular weight excluding hydrogens is 396 g/mol. The molecule has 0 heterocycles. The van der Waals surface area contributed by atoms with Gasteiger partial charge in [-0.2, -0.15) is 0 Å². The largest absolute Gasteiger partial charge is 0.465 e. The van der Waals surface area contributed by atoms with Gasteiger partial charge in [0.1, 0.15) is 0 Å². The topological polar surface area (TPSA) is 46.5 Å². The van der Waals surface area contributed by atoms with E-state index < -0.39 is 0 Å². The van der Waals surface area contributed by atoms with Crippen molar-refractivity contribution in [3.8, 4) is 0 Å². The molecule has 32 heavy (non-hydrogen) atoms. The molecule has 0 radical (unpaired) electrons. The van der Waals surface area contributed by atoms with E-state index >= 15 is 0 Å². The van der Waals surface area contributed by atoms with Crippen molar-refractivity contribution in [1.82, 2.24) is 0 Å². The lowest BCUT2D eigenvalue weighted by molar-refractivity contribution is -0.178. The van der Waals surface area contributed by atoms with Crippen molar-refractivity contribution >= 4 is 5.97 Å². The highest BCUT2D eigenvalue weighted by atomic mass is 16.5. The second-order valence-corrected chi connectivity index (χ2v) is 13.1. The van der Waals surface area contributed by atoms with Crippen LogP contribution < -0.4 is 0 Å². The van der Waals surface area contributed by atoms with Gasteiger partial charge < -0.3 is 9.84 Å². The van der Waals surface area contributed by atoms with Gasteiger partial charge in [0.2, 0.25) is 0 Å². The van der Waals surface area contributed by atoms with Gasteiger partial charge in [-0.05, 0) is 105 Å². The van der Waals surface area contributed by atoms with E-state index in [-0.39, 0.29) is 17.5 Å². The molecule has 3 heteroatoms. The maximum atomic E-state index is 11.8. The Morgan fingerprint density at radius 3 is 2.47 bits per heavy atom. The standard InChI is InChI=1S/C29H50O3/c1-19(2)7-6-8-20(3)25-13-14-26-24-12-10-22-9-11-23(31)17-29(22,18-32-21(4)30)27(24)15-16-28(25,26)5/h19-20,22-27,31H,6-18H2,1-5H3/t20-,22-,23-,24+,25-,26+,27+,28-,29-/m1/s1. The lowest BCUT2D eigenvalue weighted by Gasteiger charge is -2.61. The highest BCUT2D eigenvalue weighted by Crippen LogP contribution is 2.68. The third-order valence-corrected chi connectivity index (χ3v) is 11.0. The lowest BCUT2D eigenvalue weighted by Crippen LogP contribution is -2.57. The monoisotopic (exact) mass is 446 g/mol. The van der Waals surface area contributed by atoms with Crippen LogP contribution in [0.4, 0.5) is 0 Å². The van der Waals surface area contributed by atoms with Crippen LogP contribution in [0.3, 0.4) is 0 Å². The first-order chi connectivity index (χ1) is 15.2. The van der Waals surface area contributed by atoms with Crippen LogP contribution in [0.5, 0.6) is 0 Å². The second kappa shape index (κ2) is 9.59. The fourth-order valence-corrected chi connectivity index (χ4v) is 9.62. The summed E-state index contributed by atoms with van der Waals surface area (Å²) < 4.78 is 5.75. The lowest BCUT2D eigenvalue weighted by atomic mass is 9.44. The molecule has 1 N–H and O–H groups in total. The van der Waals surface area contributed by atoms with E-state index in [9.17, 15) is 9.90 Å². The summed E-state index contributed by atoms with van der Waals surface area (Å²) in [5, 5.41) is 10.7. The van der Waals surface area contributed by atoms with Gasteiger partial charge in [-0.25, -0.2) is 0 Å². The van der Waals surface area contributed by atoms with Gasteiger partial charge in [0.15, 0.2) is 0 Å². The number of carbonyl (C=O) groups excluding carboxylic acids is 1. The zero-order valence-electron chi connectivity index (χ0n) is 21.6. The van der Waals surface area contributed by atoms with E-state index in [4.69, 9.17) is 4.74 Å². The van der Waals surface area contributed by atoms with E-state index in [1.54, 1.807) is 6.92 Å². The van der Waals surface area contributed by atoms with Crippen molar-refractivity contribution in [1.29, 1.82) is 0 Å². The Morgan fingerprint density at radius 2 is 1.75 bits per heavy atom. The molecule has 0 aromatic carbocycles. The summed E-state index contributed by atoms with van der Waals surface area (Å²) in [5.41, 5.74) is 0.510. The van der Waals surface area contributed by atoms with Crippen molar-refractivity contribution in [2.75, 3.05) is 6.61 Å². The molecule has 0 aliphatic heterocycles. The van der Waals surface area contributed by atoms with Crippen molar-refractivity contribution < 1.29 is 14.6 Å². The molecule has 184 valence electrons. The van der Waals surface area contributed by atoms with E-state index in [0.29, 0.717) is 23.9 Å². The van der Waals surface area contributed by atoms with Crippen LogP contribution in [-0.2, 0) is 9.53 Å². The number of aliphatic hydroxyl groups excluding tert-OH is 1. The van der Waals surface area contributed by atoms with E-state index in [1.807, 2.05) is 0 Å². The number of hydrogen-bond donors (Lipinski definition) is 1. The zero-order chi connectivity index (χ0) is 23.1. The van der Waals surface area contributed by atoms with Gasteiger partial charge in [0.25, 0.3) is 0 Å². The molecular formula is C29H50O3. The predicted molar refractivity (Wildman–Crippen MR) is 130 cm³/mol. The Bertz CT molecular complexity index is 659. The van der Waals surface area contributed by atoms with Gasteiger partial charge in [-0.15, -0.1) is 0 Å². The number of ether oxygens (including phenoxy) is 1. The fraction of sp³-hybridized carbons (Fsp3) is 0.966. The number of rotatable bonds is 7. The number of fused-ring (bicyclic) bond motifs is 5. The number of carbonyl (C=O) groups is 1. The van der Waals surface area contributed by atoms with Crippen molar-refractivity contribution in [3.63, 3.8) is 0 Å². The molecule has 0 unspecified atom stereocenters. The molecule has 0 spiro atoms. The molecule has 4 aliphatic carbocycles. The highest BCUT2D eigenvalue weighted by molar-refractivity contribution is 5.65. The van der Waals surface area contributed by atoms with Crippen LogP contribution in [0.2, 0.25) is 0 Å². The highest BCUT2D eigenvalue weighted by Gasteiger charge is 2.62. The summed E-state index contributed by atoms with van der Waals surface area (Å²) in [4.78, 5) is 11.8. The fourth-order valence-electron chi connectivity index (χ4n) is 9.62. The molecule has 3 nitrogen and oxygen atoms in total. The first-order valence-corrected chi connectivity index (χ1v) is 14.0. The Morgan fingerprint density at radius 1 is 1.00 bits per heavy atom. The summed E-state index contributed by atoms with van der Waals surface area (Å²) in [5.74, 6) is 5.22. The Balaban J connectivity index is 1.52. The summed E-state index contributed by atoms with van der Waals surface area (Å²) in [6, 6.07) is 0. The molecule has 4 saturated carbocycles. The summed E-state index contributed by atoms with van der Waals surface area (Å²) >= 11 is 0. The minimum absolute atomic E-state index is 0.0224. The summed E-state index contributed by atoms with van der Waals surface area (Å²) in [7, 11) is 0. The van der Waals surface area contributed by atoms with E-state index in [1.165, 1.54) is 57.8 Å². The Hall–Kier alpha value is -0.570. The molecule has 4 fully saturated rings. The molecule has 4 rings (SSSR count). The van der Waals surface area contributed by atoms with Gasteiger partial charge >= 0.3 is 5.97 Å². The minimum atomic E-state index is -0.217. The van der Waals surface area contributed by atoms with Gasteiger partial charge in [-0.1, -0.05) is 47.0 Å². The van der Waals surface area contributed by atoms with Crippen LogP contribution in [0.1, 0.15) is 112 Å². The minimum Gasteiger partial charge on any atom is -0.465 e. The quantitative estimate of drug-likeness (QED) is 0.428.